The van der Waals surface area contributed by atoms with Crippen LogP contribution >= 0.6 is 0 Å². The Morgan fingerprint density at radius 2 is 0.563 bits per heavy atom. The summed E-state index contributed by atoms with van der Waals surface area (Å²) in [4.78, 5) is 0. The fourth-order valence-corrected chi connectivity index (χ4v) is 25.8. The molecule has 10 aromatic carbocycles. The van der Waals surface area contributed by atoms with Crippen LogP contribution in [0.4, 0.5) is 0 Å². The maximum atomic E-state index is 2.50. The van der Waals surface area contributed by atoms with E-state index >= 15 is 0 Å². The first-order chi connectivity index (χ1) is 35.1. The molecule has 0 saturated heterocycles. The van der Waals surface area contributed by atoms with E-state index in [1.54, 1.807) is 43.0 Å². The Bertz CT molecular complexity index is 3720. The van der Waals surface area contributed by atoms with E-state index in [2.05, 4.69) is 243 Å². The third kappa shape index (κ3) is 5.39. The van der Waals surface area contributed by atoms with Gasteiger partial charge in [-0.2, -0.15) is 0 Å². The average molecular weight is 933 g/mol. The first kappa shape index (κ1) is 39.9. The molecule has 0 N–H and O–H groups in total. The van der Waals surface area contributed by atoms with Crippen molar-refractivity contribution < 1.29 is 0 Å². The molecule has 3 spiro atoms. The van der Waals surface area contributed by atoms with Crippen molar-refractivity contribution in [3.63, 3.8) is 0 Å². The molecule has 0 aromatic heterocycles. The summed E-state index contributed by atoms with van der Waals surface area (Å²) in [6, 6.07) is 89.3. The quantitative estimate of drug-likeness (QED) is 0.122. The molecule has 4 heterocycles. The van der Waals surface area contributed by atoms with Gasteiger partial charge in [-0.3, -0.25) is 0 Å². The molecular weight excluding hydrogens is 885 g/mol. The molecule has 0 fully saturated rings. The van der Waals surface area contributed by atoms with Crippen molar-refractivity contribution in [1.29, 1.82) is 0 Å². The number of benzene rings is 10. The highest BCUT2D eigenvalue weighted by Crippen LogP contribution is 2.63. The van der Waals surface area contributed by atoms with E-state index in [1.807, 2.05) is 0 Å². The maximum absolute atomic E-state index is 2.50. The normalized spacial score (nSPS) is 16.5. The molecule has 0 nitrogen and oxygen atoms in total. The summed E-state index contributed by atoms with van der Waals surface area (Å²) in [6.45, 7) is 0. The first-order valence-electron chi connectivity index (χ1n) is 25.6. The van der Waals surface area contributed by atoms with Gasteiger partial charge in [0, 0.05) is 0 Å². The minimum Gasteiger partial charge on any atom is -0.0623 e. The summed E-state index contributed by atoms with van der Waals surface area (Å²) in [7, 11) is -3.86. The summed E-state index contributed by atoms with van der Waals surface area (Å²) in [5.41, 5.74) is 27.3. The molecule has 71 heavy (non-hydrogen) atoms. The second-order valence-corrected chi connectivity index (χ2v) is 29.1. The van der Waals surface area contributed by atoms with Crippen LogP contribution in [0.15, 0.2) is 218 Å². The van der Waals surface area contributed by atoms with E-state index in [1.165, 1.54) is 113 Å². The van der Waals surface area contributed by atoms with Gasteiger partial charge in [-0.05, 0) is 180 Å². The van der Waals surface area contributed by atoms with E-state index in [0.717, 1.165) is 0 Å². The van der Waals surface area contributed by atoms with Crippen LogP contribution in [-0.2, 0) is 29.6 Å². The van der Waals surface area contributed by atoms with Gasteiger partial charge in [0.05, 0.1) is 5.41 Å². The largest absolute Gasteiger partial charge is 0.128 e. The number of fused-ring (bicyclic) bond motifs is 22. The van der Waals surface area contributed by atoms with Gasteiger partial charge in [-0.15, -0.1) is 0 Å². The van der Waals surface area contributed by atoms with Gasteiger partial charge in [0.1, 0.15) is 16.1 Å². The van der Waals surface area contributed by atoms with Gasteiger partial charge in [-0.1, -0.05) is 218 Å². The highest BCUT2D eigenvalue weighted by Gasteiger charge is 2.53. The Kier molecular flexibility index (Phi) is 8.20. The molecule has 0 amide bonds. The third-order valence-electron chi connectivity index (χ3n) is 17.9. The predicted molar refractivity (Wildman–Crippen MR) is 302 cm³/mol. The van der Waals surface area contributed by atoms with Crippen LogP contribution in [0.5, 0.6) is 0 Å². The first-order valence-corrected chi connectivity index (χ1v) is 30.4. The molecule has 2 heteroatoms. The molecule has 10 aromatic rings. The van der Waals surface area contributed by atoms with Crippen molar-refractivity contribution in [3.05, 3.63) is 285 Å². The molecule has 332 valence electrons. The summed E-state index contributed by atoms with van der Waals surface area (Å²) >= 11 is 0. The number of hydrogen-bond donors (Lipinski definition) is 0. The smallest absolute Gasteiger partial charge is 0.0623 e. The molecule has 0 bridgehead atoms. The molecule has 2 aliphatic carbocycles. The zero-order chi connectivity index (χ0) is 46.5. The van der Waals surface area contributed by atoms with Crippen LogP contribution in [0.2, 0.25) is 0 Å². The van der Waals surface area contributed by atoms with Crippen molar-refractivity contribution in [2.45, 2.75) is 29.6 Å². The molecule has 0 unspecified atom stereocenters. The van der Waals surface area contributed by atoms with Crippen molar-refractivity contribution in [3.8, 4) is 44.5 Å². The van der Waals surface area contributed by atoms with E-state index in [0.29, 0.717) is 0 Å². The van der Waals surface area contributed by atoms with Crippen LogP contribution in [0.25, 0.3) is 68.8 Å². The van der Waals surface area contributed by atoms with Gasteiger partial charge in [0.15, 0.2) is 0 Å². The Morgan fingerprint density at radius 1 is 0.254 bits per heavy atom. The SMILES string of the molecule is C(=Cc1ccc2c(c1)C1(c3ccccc3-c3ccccc31)c1cc(C=Cc3ccc4c(c3)-c3ccccc3[Si]43Cc4ccccc4C3)ccc1-2)c1ccc2c(c1)-c1ccccc1[Si]21Cc2ccccc2C1. The van der Waals surface area contributed by atoms with Crippen LogP contribution in [0, 0.1) is 0 Å². The lowest BCUT2D eigenvalue weighted by Crippen LogP contribution is -2.57. The Labute approximate surface area is 418 Å². The standard InChI is InChI=1S/C69H48Si2/c1-2-14-50-42-70(41-49(50)13-1)65-23-11-7-19-57(65)59-37-45(31-35-67(59)70)25-27-47-29-33-55-56-34-30-48(40-64(56)69(63(55)39-47)61-21-9-5-17-53(61)54-18-6-10-22-62(54)69)28-26-46-32-36-68-60(38-46)58-20-8-12-24-66(58)71(68)43-51-15-3-4-16-52(51)44-71/h1-40H,41-44H2. The predicted octanol–water partition coefficient (Wildman–Crippen LogP) is 13.2. The second-order valence-electron chi connectivity index (χ2n) is 21.2. The summed E-state index contributed by atoms with van der Waals surface area (Å²) < 4.78 is 0. The Hall–Kier alpha value is -7.89. The van der Waals surface area contributed by atoms with E-state index in [9.17, 15) is 0 Å². The van der Waals surface area contributed by atoms with Gasteiger partial charge in [0.25, 0.3) is 0 Å². The zero-order valence-electron chi connectivity index (χ0n) is 39.4. The Balaban J connectivity index is 0.777. The van der Waals surface area contributed by atoms with Gasteiger partial charge >= 0.3 is 0 Å². The topological polar surface area (TPSA) is 0 Å². The lowest BCUT2D eigenvalue weighted by molar-refractivity contribution is 0.793. The minimum absolute atomic E-state index is 0.435. The van der Waals surface area contributed by atoms with E-state index < -0.39 is 21.6 Å². The molecule has 6 aliphatic rings. The summed E-state index contributed by atoms with van der Waals surface area (Å²) in [5.74, 6) is 0. The number of rotatable bonds is 4. The van der Waals surface area contributed by atoms with Gasteiger partial charge < -0.3 is 0 Å². The lowest BCUT2D eigenvalue weighted by Gasteiger charge is -2.30. The lowest BCUT2D eigenvalue weighted by atomic mass is 9.70. The highest BCUT2D eigenvalue weighted by molar-refractivity contribution is 7.06. The van der Waals surface area contributed by atoms with Crippen LogP contribution in [0.1, 0.15) is 66.8 Å². The van der Waals surface area contributed by atoms with Crippen LogP contribution in [-0.4, -0.2) is 16.1 Å². The van der Waals surface area contributed by atoms with Crippen molar-refractivity contribution >= 4 is 61.2 Å². The molecule has 0 atom stereocenters. The minimum atomic E-state index is -1.93. The molecule has 16 rings (SSSR count). The summed E-state index contributed by atoms with van der Waals surface area (Å²) in [5, 5.41) is 6.46. The highest BCUT2D eigenvalue weighted by atomic mass is 28.3. The molecule has 0 saturated carbocycles. The fraction of sp³-hybridized carbons (Fsp3) is 0.0725. The van der Waals surface area contributed by atoms with Gasteiger partial charge in [-0.25, -0.2) is 0 Å². The van der Waals surface area contributed by atoms with Crippen molar-refractivity contribution in [2.24, 2.45) is 0 Å². The van der Waals surface area contributed by atoms with Gasteiger partial charge in [0.2, 0.25) is 0 Å². The van der Waals surface area contributed by atoms with Crippen LogP contribution < -0.4 is 20.7 Å². The summed E-state index contributed by atoms with van der Waals surface area (Å²) in [6.07, 6.45) is 9.40. The third-order valence-corrected chi connectivity index (χ3v) is 27.7. The average Bonchev–Trinajstić information content (AvgIpc) is 4.27. The molecule has 0 radical (unpaired) electrons. The second kappa shape index (κ2) is 14.6. The maximum Gasteiger partial charge on any atom is 0.128 e. The monoisotopic (exact) mass is 932 g/mol. The van der Waals surface area contributed by atoms with Crippen molar-refractivity contribution in [2.75, 3.05) is 0 Å². The number of hydrogen-bond acceptors (Lipinski definition) is 0. The van der Waals surface area contributed by atoms with E-state index in [4.69, 9.17) is 0 Å². The molecular formula is C69H48Si2. The molecule has 4 aliphatic heterocycles. The fourth-order valence-electron chi connectivity index (χ4n) is 14.9. The van der Waals surface area contributed by atoms with Crippen molar-refractivity contribution in [1.82, 2.24) is 0 Å². The van der Waals surface area contributed by atoms with E-state index in [-0.39, 0.29) is 0 Å². The van der Waals surface area contributed by atoms with Crippen LogP contribution in [0.3, 0.4) is 0 Å². The zero-order valence-corrected chi connectivity index (χ0v) is 41.4. The Morgan fingerprint density at radius 3 is 0.986 bits per heavy atom.